The summed E-state index contributed by atoms with van der Waals surface area (Å²) in [5, 5.41) is 1.59. The number of halogens is 3. The lowest BCUT2D eigenvalue weighted by Gasteiger charge is -2.15. The van der Waals surface area contributed by atoms with Gasteiger partial charge in [-0.05, 0) is 42.5 Å². The summed E-state index contributed by atoms with van der Waals surface area (Å²) >= 11 is 18.5. The quantitative estimate of drug-likeness (QED) is 0.360. The molecule has 30 heavy (non-hydrogen) atoms. The number of imidazole rings is 1. The van der Waals surface area contributed by atoms with Gasteiger partial charge in [0.2, 0.25) is 0 Å². The third-order valence-corrected chi connectivity index (χ3v) is 5.47. The van der Waals surface area contributed by atoms with E-state index < -0.39 is 0 Å². The average molecular weight is 457 g/mol. The molecule has 4 rings (SSSR count). The second kappa shape index (κ2) is 8.52. The van der Waals surface area contributed by atoms with E-state index in [-0.39, 0.29) is 11.7 Å². The maximum Gasteiger partial charge on any atom is 0.293 e. The zero-order valence-electron chi connectivity index (χ0n) is 15.9. The number of amides is 1. The predicted octanol–water partition coefficient (Wildman–Crippen LogP) is 6.98. The van der Waals surface area contributed by atoms with Crippen molar-refractivity contribution in [3.05, 3.63) is 93.7 Å². The van der Waals surface area contributed by atoms with Gasteiger partial charge in [-0.2, -0.15) is 0 Å². The van der Waals surface area contributed by atoms with Crippen LogP contribution in [0.3, 0.4) is 0 Å². The summed E-state index contributed by atoms with van der Waals surface area (Å²) in [6, 6.07) is 21.8. The number of H-pyrrole nitrogens is 1. The van der Waals surface area contributed by atoms with Gasteiger partial charge in [0.25, 0.3) is 5.91 Å². The molecule has 4 aromatic rings. The van der Waals surface area contributed by atoms with Gasteiger partial charge in [-0.25, -0.2) is 4.98 Å². The lowest BCUT2D eigenvalue weighted by molar-refractivity contribution is 0.0984. The minimum atomic E-state index is -0.271. The summed E-state index contributed by atoms with van der Waals surface area (Å²) in [6.07, 6.45) is 0. The number of nitrogens with zero attached hydrogens (tertiary/aromatic N) is 2. The van der Waals surface area contributed by atoms with Crippen molar-refractivity contribution in [1.82, 2.24) is 9.97 Å². The molecule has 0 spiro atoms. The van der Waals surface area contributed by atoms with Gasteiger partial charge in [0.05, 0.1) is 16.4 Å². The van der Waals surface area contributed by atoms with Crippen LogP contribution in [0.25, 0.3) is 22.5 Å². The standard InChI is InChI=1S/C23H16Cl3N3O/c1-29(17-5-3-2-4-6-17)23(30)22-27-20(14-7-9-15(24)10-8-14)21(28-22)18-12-11-16(25)13-19(18)26/h2-13H,1H3,(H,27,28). The van der Waals surface area contributed by atoms with Gasteiger partial charge < -0.3 is 9.88 Å². The van der Waals surface area contributed by atoms with Crippen LogP contribution in [0.5, 0.6) is 0 Å². The van der Waals surface area contributed by atoms with Crippen molar-refractivity contribution in [1.29, 1.82) is 0 Å². The second-order valence-corrected chi connectivity index (χ2v) is 7.92. The fourth-order valence-corrected chi connectivity index (χ4v) is 3.73. The number of carbonyl (C=O) groups excluding carboxylic acids is 1. The number of para-hydroxylation sites is 1. The Hall–Kier alpha value is -2.79. The van der Waals surface area contributed by atoms with Crippen molar-refractivity contribution >= 4 is 46.4 Å². The molecule has 3 aromatic carbocycles. The fraction of sp³-hybridized carbons (Fsp3) is 0.0435. The fourth-order valence-electron chi connectivity index (χ4n) is 3.11. The molecule has 0 saturated heterocycles. The van der Waals surface area contributed by atoms with Gasteiger partial charge in [0.15, 0.2) is 5.82 Å². The first-order valence-corrected chi connectivity index (χ1v) is 10.2. The van der Waals surface area contributed by atoms with Crippen LogP contribution in [0.4, 0.5) is 5.69 Å². The lowest BCUT2D eigenvalue weighted by Crippen LogP contribution is -2.27. The van der Waals surface area contributed by atoms with E-state index in [9.17, 15) is 4.79 Å². The third-order valence-electron chi connectivity index (χ3n) is 4.67. The molecule has 0 fully saturated rings. The van der Waals surface area contributed by atoms with Crippen LogP contribution in [0.2, 0.25) is 15.1 Å². The van der Waals surface area contributed by atoms with Gasteiger partial charge in [-0.1, -0.05) is 65.1 Å². The van der Waals surface area contributed by atoms with Crippen LogP contribution in [-0.4, -0.2) is 22.9 Å². The summed E-state index contributed by atoms with van der Waals surface area (Å²) in [5.41, 5.74) is 3.49. The molecule has 0 bridgehead atoms. The molecule has 1 amide bonds. The summed E-state index contributed by atoms with van der Waals surface area (Å²) in [7, 11) is 1.71. The van der Waals surface area contributed by atoms with Crippen molar-refractivity contribution in [2.75, 3.05) is 11.9 Å². The highest BCUT2D eigenvalue weighted by molar-refractivity contribution is 6.36. The maximum absolute atomic E-state index is 13.1. The van der Waals surface area contributed by atoms with Crippen LogP contribution in [0.1, 0.15) is 10.6 Å². The normalized spacial score (nSPS) is 10.8. The number of benzene rings is 3. The van der Waals surface area contributed by atoms with E-state index in [1.54, 1.807) is 37.4 Å². The van der Waals surface area contributed by atoms with Gasteiger partial charge in [0, 0.05) is 33.9 Å². The monoisotopic (exact) mass is 455 g/mol. The average Bonchev–Trinajstić information content (AvgIpc) is 3.19. The van der Waals surface area contributed by atoms with Gasteiger partial charge in [0.1, 0.15) is 0 Å². The first-order chi connectivity index (χ1) is 14.4. The Labute approximate surface area is 189 Å². The Morgan fingerprint density at radius 1 is 0.900 bits per heavy atom. The van der Waals surface area contributed by atoms with Crippen LogP contribution >= 0.6 is 34.8 Å². The van der Waals surface area contributed by atoms with Crippen molar-refractivity contribution in [2.24, 2.45) is 0 Å². The molecule has 7 heteroatoms. The number of hydrogen-bond donors (Lipinski definition) is 1. The highest BCUT2D eigenvalue weighted by Crippen LogP contribution is 2.36. The maximum atomic E-state index is 13.1. The first kappa shape index (κ1) is 20.5. The van der Waals surface area contributed by atoms with Gasteiger partial charge in [-0.15, -0.1) is 0 Å². The zero-order valence-corrected chi connectivity index (χ0v) is 18.1. The Morgan fingerprint density at radius 3 is 2.23 bits per heavy atom. The number of nitrogens with one attached hydrogen (secondary N) is 1. The number of anilines is 1. The summed E-state index contributed by atoms with van der Waals surface area (Å²) in [5.74, 6) is -0.0694. The van der Waals surface area contributed by atoms with E-state index in [1.165, 1.54) is 4.90 Å². The number of carbonyl (C=O) groups is 1. The smallest absolute Gasteiger partial charge is 0.293 e. The van der Waals surface area contributed by atoms with Crippen molar-refractivity contribution in [2.45, 2.75) is 0 Å². The number of aromatic nitrogens is 2. The number of rotatable bonds is 4. The van der Waals surface area contributed by atoms with E-state index in [0.29, 0.717) is 32.0 Å². The number of hydrogen-bond acceptors (Lipinski definition) is 2. The summed E-state index contributed by atoms with van der Waals surface area (Å²) < 4.78 is 0. The van der Waals surface area contributed by atoms with E-state index in [0.717, 1.165) is 11.3 Å². The van der Waals surface area contributed by atoms with E-state index in [2.05, 4.69) is 9.97 Å². The first-order valence-electron chi connectivity index (χ1n) is 9.08. The van der Waals surface area contributed by atoms with Crippen LogP contribution in [-0.2, 0) is 0 Å². The van der Waals surface area contributed by atoms with E-state index >= 15 is 0 Å². The Balaban J connectivity index is 1.83. The molecule has 1 N–H and O–H groups in total. The molecule has 0 saturated carbocycles. The van der Waals surface area contributed by atoms with Crippen molar-refractivity contribution in [3.8, 4) is 22.5 Å². The Bertz CT molecular complexity index is 1200. The molecule has 0 atom stereocenters. The zero-order chi connectivity index (χ0) is 21.3. The van der Waals surface area contributed by atoms with Gasteiger partial charge in [-0.3, -0.25) is 4.79 Å². The van der Waals surface area contributed by atoms with Crippen LogP contribution in [0, 0.1) is 0 Å². The SMILES string of the molecule is CN(C(=O)c1nc(-c2ccc(Cl)cc2)c(-c2ccc(Cl)cc2Cl)[nH]1)c1ccccc1. The van der Waals surface area contributed by atoms with E-state index in [4.69, 9.17) is 34.8 Å². The van der Waals surface area contributed by atoms with Crippen LogP contribution in [0.15, 0.2) is 72.8 Å². The minimum Gasteiger partial charge on any atom is -0.333 e. The van der Waals surface area contributed by atoms with Crippen LogP contribution < -0.4 is 4.90 Å². The molecule has 0 radical (unpaired) electrons. The molecular formula is C23H16Cl3N3O. The molecule has 4 nitrogen and oxygen atoms in total. The largest absolute Gasteiger partial charge is 0.333 e. The molecule has 1 heterocycles. The molecule has 0 aliphatic rings. The Kier molecular flexibility index (Phi) is 5.82. The van der Waals surface area contributed by atoms with Crippen molar-refractivity contribution < 1.29 is 4.79 Å². The highest BCUT2D eigenvalue weighted by Gasteiger charge is 2.23. The molecule has 0 aliphatic heterocycles. The van der Waals surface area contributed by atoms with Gasteiger partial charge >= 0.3 is 0 Å². The summed E-state index contributed by atoms with van der Waals surface area (Å²) in [4.78, 5) is 22.4. The second-order valence-electron chi connectivity index (χ2n) is 6.64. The number of aromatic amines is 1. The third kappa shape index (κ3) is 4.08. The molecule has 150 valence electrons. The topological polar surface area (TPSA) is 49.0 Å². The molecule has 1 aromatic heterocycles. The van der Waals surface area contributed by atoms with E-state index in [1.807, 2.05) is 42.5 Å². The molecular weight excluding hydrogens is 441 g/mol. The molecule has 0 unspecified atom stereocenters. The summed E-state index contributed by atoms with van der Waals surface area (Å²) in [6.45, 7) is 0. The lowest BCUT2D eigenvalue weighted by atomic mass is 10.1. The Morgan fingerprint density at radius 2 is 1.57 bits per heavy atom. The van der Waals surface area contributed by atoms with Crippen molar-refractivity contribution in [3.63, 3.8) is 0 Å². The highest BCUT2D eigenvalue weighted by atomic mass is 35.5. The minimum absolute atomic E-state index is 0.201. The predicted molar refractivity (Wildman–Crippen MR) is 124 cm³/mol. The molecule has 0 aliphatic carbocycles.